The predicted octanol–water partition coefficient (Wildman–Crippen LogP) is 1.92. The molecule has 21 heavy (non-hydrogen) atoms. The Balaban J connectivity index is 4.25. The van der Waals surface area contributed by atoms with Crippen molar-refractivity contribution in [3.05, 3.63) is 0 Å². The first-order valence-corrected chi connectivity index (χ1v) is 8.55. The van der Waals surface area contributed by atoms with Crippen LogP contribution in [0.5, 0.6) is 0 Å². The average Bonchev–Trinajstić information content (AvgIpc) is 2.44. The van der Waals surface area contributed by atoms with Crippen molar-refractivity contribution < 1.29 is 0 Å². The normalized spacial score (nSPS) is 14.1. The molecule has 0 aromatic heterocycles. The first-order valence-electron chi connectivity index (χ1n) is 8.55. The van der Waals surface area contributed by atoms with Crippen molar-refractivity contribution in [3.8, 4) is 0 Å². The van der Waals surface area contributed by atoms with Gasteiger partial charge in [0.05, 0.1) is 0 Å². The maximum absolute atomic E-state index is 2.61. The van der Waals surface area contributed by atoms with Gasteiger partial charge in [-0.15, -0.1) is 0 Å². The first kappa shape index (κ1) is 20.8. The molecule has 0 bridgehead atoms. The largest absolute Gasteiger partial charge is 0.308 e. The molecule has 0 saturated carbocycles. The van der Waals surface area contributed by atoms with Crippen LogP contribution in [0.4, 0.5) is 0 Å². The van der Waals surface area contributed by atoms with E-state index in [0.717, 1.165) is 32.7 Å². The molecule has 0 radical (unpaired) electrons. The van der Waals surface area contributed by atoms with E-state index in [2.05, 4.69) is 75.5 Å². The zero-order chi connectivity index (χ0) is 16.4. The molecule has 0 aromatic rings. The van der Waals surface area contributed by atoms with Crippen LogP contribution < -0.4 is 0 Å². The summed E-state index contributed by atoms with van der Waals surface area (Å²) >= 11 is 0. The molecule has 0 N–H and O–H groups in total. The van der Waals surface area contributed by atoms with E-state index in [4.69, 9.17) is 0 Å². The summed E-state index contributed by atoms with van der Waals surface area (Å²) in [5.41, 5.74) is 0. The maximum atomic E-state index is 2.61. The third-order valence-electron chi connectivity index (χ3n) is 4.63. The minimum Gasteiger partial charge on any atom is -0.308 e. The van der Waals surface area contributed by atoms with Crippen LogP contribution in [0.3, 0.4) is 0 Å². The lowest BCUT2D eigenvalue weighted by Crippen LogP contribution is -2.43. The molecular formula is C17H40N4. The highest BCUT2D eigenvalue weighted by atomic mass is 15.2. The number of hydrogen-bond acceptors (Lipinski definition) is 4. The fourth-order valence-electron chi connectivity index (χ4n) is 2.07. The van der Waals surface area contributed by atoms with E-state index in [1.165, 1.54) is 13.0 Å². The Hall–Kier alpha value is -0.160. The standard InChI is InChI=1S/C17H40N4/c1-9-17(4)20(8)12-15-21(13-10-18(5)6)14-11-19(7)16(2)3/h16-17H,9-15H2,1-8H3. The average molecular weight is 301 g/mol. The zero-order valence-electron chi connectivity index (χ0n) is 15.9. The SMILES string of the molecule is CCC(C)N(C)CCN(CCN(C)C)CCN(C)C(C)C. The second-order valence-electron chi connectivity index (χ2n) is 6.96. The highest BCUT2D eigenvalue weighted by Gasteiger charge is 2.12. The van der Waals surface area contributed by atoms with Crippen LogP contribution in [0, 0.1) is 0 Å². The van der Waals surface area contributed by atoms with Crippen LogP contribution in [-0.4, -0.2) is 99.1 Å². The summed E-state index contributed by atoms with van der Waals surface area (Å²) in [7, 11) is 8.78. The van der Waals surface area contributed by atoms with Gasteiger partial charge in [0, 0.05) is 51.4 Å². The monoisotopic (exact) mass is 300 g/mol. The Kier molecular flexibility index (Phi) is 11.3. The van der Waals surface area contributed by atoms with Crippen LogP contribution >= 0.6 is 0 Å². The molecule has 0 aliphatic heterocycles. The number of likely N-dealkylation sites (N-methyl/N-ethyl adjacent to an activating group) is 3. The minimum absolute atomic E-state index is 0.628. The number of nitrogens with zero attached hydrogens (tertiary/aromatic N) is 4. The van der Waals surface area contributed by atoms with E-state index < -0.39 is 0 Å². The molecule has 4 nitrogen and oxygen atoms in total. The van der Waals surface area contributed by atoms with Crippen LogP contribution in [-0.2, 0) is 0 Å². The number of hydrogen-bond donors (Lipinski definition) is 0. The molecule has 1 atom stereocenters. The van der Waals surface area contributed by atoms with Gasteiger partial charge < -0.3 is 14.7 Å². The van der Waals surface area contributed by atoms with Crippen LogP contribution in [0.25, 0.3) is 0 Å². The molecule has 0 amide bonds. The van der Waals surface area contributed by atoms with Crippen molar-refractivity contribution in [2.75, 3.05) is 67.5 Å². The van der Waals surface area contributed by atoms with Gasteiger partial charge >= 0.3 is 0 Å². The fraction of sp³-hybridized carbons (Fsp3) is 1.00. The summed E-state index contributed by atoms with van der Waals surface area (Å²) in [4.78, 5) is 9.80. The van der Waals surface area contributed by atoms with Gasteiger partial charge in [0.15, 0.2) is 0 Å². The third-order valence-corrected chi connectivity index (χ3v) is 4.63. The summed E-state index contributed by atoms with van der Waals surface area (Å²) < 4.78 is 0. The molecule has 128 valence electrons. The highest BCUT2D eigenvalue weighted by molar-refractivity contribution is 4.68. The predicted molar refractivity (Wildman–Crippen MR) is 95.1 cm³/mol. The van der Waals surface area contributed by atoms with Crippen LogP contribution in [0.1, 0.15) is 34.1 Å². The Morgan fingerprint density at radius 3 is 1.57 bits per heavy atom. The molecule has 0 fully saturated rings. The Labute approximate surface area is 134 Å². The molecule has 0 aliphatic carbocycles. The van der Waals surface area contributed by atoms with E-state index in [9.17, 15) is 0 Å². The van der Waals surface area contributed by atoms with Crippen molar-refractivity contribution in [2.24, 2.45) is 0 Å². The van der Waals surface area contributed by atoms with Gasteiger partial charge in [-0.25, -0.2) is 0 Å². The van der Waals surface area contributed by atoms with Gasteiger partial charge in [0.1, 0.15) is 0 Å². The second kappa shape index (κ2) is 11.4. The van der Waals surface area contributed by atoms with Gasteiger partial charge in [0.2, 0.25) is 0 Å². The molecule has 0 aromatic carbocycles. The van der Waals surface area contributed by atoms with E-state index >= 15 is 0 Å². The molecule has 4 heteroatoms. The van der Waals surface area contributed by atoms with E-state index in [1.807, 2.05) is 0 Å². The van der Waals surface area contributed by atoms with Crippen LogP contribution in [0.2, 0.25) is 0 Å². The van der Waals surface area contributed by atoms with Gasteiger partial charge in [-0.1, -0.05) is 6.92 Å². The highest BCUT2D eigenvalue weighted by Crippen LogP contribution is 2.01. The smallest absolute Gasteiger partial charge is 0.0110 e. The molecule has 0 aliphatic rings. The molecule has 0 spiro atoms. The summed E-state index contributed by atoms with van der Waals surface area (Å²) in [5.74, 6) is 0. The molecule has 0 heterocycles. The fourth-order valence-corrected chi connectivity index (χ4v) is 2.07. The second-order valence-corrected chi connectivity index (χ2v) is 6.96. The lowest BCUT2D eigenvalue weighted by Gasteiger charge is -2.31. The lowest BCUT2D eigenvalue weighted by molar-refractivity contribution is 0.161. The molecule has 0 rings (SSSR count). The Morgan fingerprint density at radius 2 is 1.14 bits per heavy atom. The van der Waals surface area contributed by atoms with E-state index in [0.29, 0.717) is 12.1 Å². The molecular weight excluding hydrogens is 260 g/mol. The van der Waals surface area contributed by atoms with Crippen molar-refractivity contribution in [1.82, 2.24) is 19.6 Å². The Morgan fingerprint density at radius 1 is 0.667 bits per heavy atom. The minimum atomic E-state index is 0.628. The topological polar surface area (TPSA) is 13.0 Å². The quantitative estimate of drug-likeness (QED) is 0.546. The molecule has 1 unspecified atom stereocenters. The van der Waals surface area contributed by atoms with Gasteiger partial charge in [-0.05, 0) is 55.4 Å². The van der Waals surface area contributed by atoms with E-state index in [1.54, 1.807) is 0 Å². The third kappa shape index (κ3) is 10.2. The zero-order valence-corrected chi connectivity index (χ0v) is 15.9. The van der Waals surface area contributed by atoms with Crippen LogP contribution in [0.15, 0.2) is 0 Å². The van der Waals surface area contributed by atoms with Gasteiger partial charge in [-0.2, -0.15) is 0 Å². The van der Waals surface area contributed by atoms with Gasteiger partial charge in [-0.3, -0.25) is 4.90 Å². The number of rotatable bonds is 12. The van der Waals surface area contributed by atoms with Crippen molar-refractivity contribution in [2.45, 2.75) is 46.2 Å². The van der Waals surface area contributed by atoms with Crippen molar-refractivity contribution >= 4 is 0 Å². The molecule has 0 saturated heterocycles. The Bertz CT molecular complexity index is 243. The van der Waals surface area contributed by atoms with Crippen molar-refractivity contribution in [1.29, 1.82) is 0 Å². The maximum Gasteiger partial charge on any atom is 0.0110 e. The summed E-state index contributed by atoms with van der Waals surface area (Å²) in [6, 6.07) is 1.31. The first-order chi connectivity index (χ1) is 9.77. The lowest BCUT2D eigenvalue weighted by atomic mass is 10.2. The van der Waals surface area contributed by atoms with Crippen molar-refractivity contribution in [3.63, 3.8) is 0 Å². The van der Waals surface area contributed by atoms with E-state index in [-0.39, 0.29) is 0 Å². The summed E-state index contributed by atoms with van der Waals surface area (Å²) in [6.07, 6.45) is 1.23. The summed E-state index contributed by atoms with van der Waals surface area (Å²) in [6.45, 7) is 16.1. The van der Waals surface area contributed by atoms with Gasteiger partial charge in [0.25, 0.3) is 0 Å². The summed E-state index contributed by atoms with van der Waals surface area (Å²) in [5, 5.41) is 0.